The van der Waals surface area contributed by atoms with Gasteiger partial charge in [0.2, 0.25) is 11.8 Å². The SMILES string of the molecule is COc1ccc(C(C)=O)cc1CC(=O)NNC(=O)Cc1cccc2ccccc12. The fraction of sp³-hybridized carbons (Fsp3) is 0.174. The molecule has 0 unspecified atom stereocenters. The third kappa shape index (κ3) is 4.99. The third-order valence-corrected chi connectivity index (χ3v) is 4.61. The summed E-state index contributed by atoms with van der Waals surface area (Å²) in [5, 5.41) is 2.06. The molecular formula is C23H22N2O4. The Morgan fingerprint density at radius 1 is 0.828 bits per heavy atom. The summed E-state index contributed by atoms with van der Waals surface area (Å²) in [6.07, 6.45) is 0.115. The van der Waals surface area contributed by atoms with Crippen molar-refractivity contribution in [2.24, 2.45) is 0 Å². The van der Waals surface area contributed by atoms with Crippen LogP contribution < -0.4 is 15.6 Å². The van der Waals surface area contributed by atoms with Crippen LogP contribution in [0.1, 0.15) is 28.4 Å². The number of fused-ring (bicyclic) bond motifs is 1. The van der Waals surface area contributed by atoms with Crippen molar-refractivity contribution in [3.8, 4) is 5.75 Å². The Morgan fingerprint density at radius 3 is 2.17 bits per heavy atom. The molecule has 148 valence electrons. The minimum absolute atomic E-state index is 0.0289. The van der Waals surface area contributed by atoms with Gasteiger partial charge in [-0.3, -0.25) is 25.2 Å². The van der Waals surface area contributed by atoms with Crippen molar-refractivity contribution in [1.29, 1.82) is 0 Å². The van der Waals surface area contributed by atoms with Gasteiger partial charge in [-0.2, -0.15) is 0 Å². The van der Waals surface area contributed by atoms with Crippen LogP contribution in [0.15, 0.2) is 60.7 Å². The first-order valence-corrected chi connectivity index (χ1v) is 9.20. The molecule has 3 aromatic carbocycles. The van der Waals surface area contributed by atoms with Crippen molar-refractivity contribution in [2.75, 3.05) is 7.11 Å². The zero-order valence-electron chi connectivity index (χ0n) is 16.3. The van der Waals surface area contributed by atoms with Crippen LogP contribution in [0.3, 0.4) is 0 Å². The Hall–Kier alpha value is -3.67. The number of rotatable bonds is 6. The first-order chi connectivity index (χ1) is 14.0. The van der Waals surface area contributed by atoms with Crippen LogP contribution in [-0.2, 0) is 22.4 Å². The van der Waals surface area contributed by atoms with Gasteiger partial charge in [-0.1, -0.05) is 42.5 Å². The van der Waals surface area contributed by atoms with Crippen molar-refractivity contribution >= 4 is 28.4 Å². The highest BCUT2D eigenvalue weighted by Crippen LogP contribution is 2.21. The van der Waals surface area contributed by atoms with Gasteiger partial charge >= 0.3 is 0 Å². The molecule has 0 atom stereocenters. The van der Waals surface area contributed by atoms with Gasteiger partial charge in [0.1, 0.15) is 5.75 Å². The number of carbonyl (C=O) groups excluding carboxylic acids is 3. The molecule has 0 aliphatic rings. The zero-order chi connectivity index (χ0) is 20.8. The second-order valence-electron chi connectivity index (χ2n) is 6.67. The smallest absolute Gasteiger partial charge is 0.242 e. The van der Waals surface area contributed by atoms with Crippen molar-refractivity contribution < 1.29 is 19.1 Å². The molecule has 0 spiro atoms. The topological polar surface area (TPSA) is 84.5 Å². The summed E-state index contributed by atoms with van der Waals surface area (Å²) < 4.78 is 5.25. The highest BCUT2D eigenvalue weighted by molar-refractivity contribution is 5.95. The maximum atomic E-state index is 12.3. The van der Waals surface area contributed by atoms with E-state index in [4.69, 9.17) is 4.74 Å². The number of carbonyl (C=O) groups is 3. The molecule has 0 aromatic heterocycles. The fourth-order valence-corrected chi connectivity index (χ4v) is 3.16. The molecule has 0 radical (unpaired) electrons. The second-order valence-corrected chi connectivity index (χ2v) is 6.67. The molecule has 3 aromatic rings. The van der Waals surface area contributed by atoms with E-state index in [1.54, 1.807) is 18.2 Å². The molecule has 0 saturated heterocycles. The van der Waals surface area contributed by atoms with Crippen LogP contribution in [0.4, 0.5) is 0 Å². The van der Waals surface area contributed by atoms with Gasteiger partial charge in [-0.15, -0.1) is 0 Å². The number of Topliss-reactive ketones (excluding diaryl/α,β-unsaturated/α-hetero) is 1. The lowest BCUT2D eigenvalue weighted by Gasteiger charge is -2.11. The minimum Gasteiger partial charge on any atom is -0.496 e. The van der Waals surface area contributed by atoms with Gasteiger partial charge in [0.15, 0.2) is 5.78 Å². The molecule has 2 amide bonds. The molecule has 0 aliphatic heterocycles. The minimum atomic E-state index is -0.407. The quantitative estimate of drug-likeness (QED) is 0.501. The lowest BCUT2D eigenvalue weighted by Crippen LogP contribution is -2.43. The molecule has 0 saturated carbocycles. The number of ketones is 1. The number of hydrogen-bond acceptors (Lipinski definition) is 4. The van der Waals surface area contributed by atoms with E-state index >= 15 is 0 Å². The van der Waals surface area contributed by atoms with Gasteiger partial charge in [-0.05, 0) is 41.5 Å². The van der Waals surface area contributed by atoms with Gasteiger partial charge in [0.25, 0.3) is 0 Å². The number of nitrogens with one attached hydrogen (secondary N) is 2. The summed E-state index contributed by atoms with van der Waals surface area (Å²) in [6, 6.07) is 18.5. The van der Waals surface area contributed by atoms with Crippen molar-refractivity contribution in [3.63, 3.8) is 0 Å². The normalized spacial score (nSPS) is 10.4. The Balaban J connectivity index is 1.61. The highest BCUT2D eigenvalue weighted by atomic mass is 16.5. The van der Waals surface area contributed by atoms with E-state index in [-0.39, 0.29) is 24.5 Å². The summed E-state index contributed by atoms with van der Waals surface area (Å²) in [5.74, 6) is -0.320. The van der Waals surface area contributed by atoms with E-state index in [9.17, 15) is 14.4 Å². The number of hydrogen-bond donors (Lipinski definition) is 2. The number of methoxy groups -OCH3 is 1. The number of hydrazine groups is 1. The maximum Gasteiger partial charge on any atom is 0.242 e. The van der Waals surface area contributed by atoms with Crippen LogP contribution >= 0.6 is 0 Å². The summed E-state index contributed by atoms with van der Waals surface area (Å²) >= 11 is 0. The lowest BCUT2D eigenvalue weighted by atomic mass is 10.0. The molecule has 0 fully saturated rings. The summed E-state index contributed by atoms with van der Waals surface area (Å²) in [4.78, 5) is 36.1. The second kappa shape index (κ2) is 9.01. The van der Waals surface area contributed by atoms with Crippen LogP contribution in [0.2, 0.25) is 0 Å². The van der Waals surface area contributed by atoms with Gasteiger partial charge in [0.05, 0.1) is 20.0 Å². The van der Waals surface area contributed by atoms with Gasteiger partial charge in [-0.25, -0.2) is 0 Å². The third-order valence-electron chi connectivity index (χ3n) is 4.61. The molecule has 3 rings (SSSR count). The summed E-state index contributed by atoms with van der Waals surface area (Å²) in [6.45, 7) is 1.46. The van der Waals surface area contributed by atoms with Crippen LogP contribution in [0.5, 0.6) is 5.75 Å². The van der Waals surface area contributed by atoms with E-state index in [1.165, 1.54) is 14.0 Å². The van der Waals surface area contributed by atoms with Gasteiger partial charge in [0, 0.05) is 11.1 Å². The van der Waals surface area contributed by atoms with Crippen LogP contribution in [0.25, 0.3) is 10.8 Å². The molecular weight excluding hydrogens is 368 g/mol. The van der Waals surface area contributed by atoms with Gasteiger partial charge < -0.3 is 4.74 Å². The molecule has 6 nitrogen and oxygen atoms in total. The number of amides is 2. The molecule has 0 bridgehead atoms. The highest BCUT2D eigenvalue weighted by Gasteiger charge is 2.13. The van der Waals surface area contributed by atoms with Crippen molar-refractivity contribution in [3.05, 3.63) is 77.4 Å². The first-order valence-electron chi connectivity index (χ1n) is 9.20. The monoisotopic (exact) mass is 390 g/mol. The summed E-state index contributed by atoms with van der Waals surface area (Å²) in [7, 11) is 1.50. The Bertz CT molecular complexity index is 1070. The molecule has 29 heavy (non-hydrogen) atoms. The standard InChI is InChI=1S/C23H22N2O4/c1-15(26)17-10-11-21(29-2)19(12-17)14-23(28)25-24-22(27)13-18-8-5-7-16-6-3-4-9-20(16)18/h3-12H,13-14H2,1-2H3,(H,24,27)(H,25,28). The molecule has 0 heterocycles. The molecule has 2 N–H and O–H groups in total. The lowest BCUT2D eigenvalue weighted by molar-refractivity contribution is -0.128. The van der Waals surface area contributed by atoms with E-state index in [2.05, 4.69) is 10.9 Å². The average Bonchev–Trinajstić information content (AvgIpc) is 2.72. The Kier molecular flexibility index (Phi) is 6.24. The first kappa shape index (κ1) is 20.1. The van der Waals surface area contributed by atoms with E-state index in [0.29, 0.717) is 16.9 Å². The predicted octanol–water partition coefficient (Wildman–Crippen LogP) is 2.98. The summed E-state index contributed by atoms with van der Waals surface area (Å²) in [5.41, 5.74) is 6.81. The Morgan fingerprint density at radius 2 is 1.48 bits per heavy atom. The number of benzene rings is 3. The van der Waals surface area contributed by atoms with E-state index < -0.39 is 5.91 Å². The molecule has 6 heteroatoms. The molecule has 0 aliphatic carbocycles. The predicted molar refractivity (Wildman–Crippen MR) is 111 cm³/mol. The average molecular weight is 390 g/mol. The van der Waals surface area contributed by atoms with Crippen LogP contribution in [0, 0.1) is 0 Å². The van der Waals surface area contributed by atoms with E-state index in [0.717, 1.165) is 16.3 Å². The van der Waals surface area contributed by atoms with Crippen LogP contribution in [-0.4, -0.2) is 24.7 Å². The number of ether oxygens (including phenoxy) is 1. The van der Waals surface area contributed by atoms with Crippen molar-refractivity contribution in [1.82, 2.24) is 10.9 Å². The fourth-order valence-electron chi connectivity index (χ4n) is 3.16. The van der Waals surface area contributed by atoms with E-state index in [1.807, 2.05) is 42.5 Å². The maximum absolute atomic E-state index is 12.3. The largest absolute Gasteiger partial charge is 0.496 e. The Labute approximate surface area is 168 Å². The van der Waals surface area contributed by atoms with Crippen molar-refractivity contribution in [2.45, 2.75) is 19.8 Å². The zero-order valence-corrected chi connectivity index (χ0v) is 16.3.